The van der Waals surface area contributed by atoms with Gasteiger partial charge in [0.05, 0.1) is 5.56 Å². The molecule has 1 aliphatic rings. The molecule has 0 N–H and O–H groups in total. The molecule has 1 saturated heterocycles. The van der Waals surface area contributed by atoms with Gasteiger partial charge in [0.25, 0.3) is 5.91 Å². The average Bonchev–Trinajstić information content (AvgIpc) is 2.35. The van der Waals surface area contributed by atoms with E-state index in [1.54, 1.807) is 30.9 Å². The van der Waals surface area contributed by atoms with Gasteiger partial charge >= 0.3 is 0 Å². The third kappa shape index (κ3) is 2.28. The minimum atomic E-state index is -0.466. The number of hydrogen-bond donors (Lipinski definition) is 0. The smallest absolute Gasteiger partial charge is 0.256 e. The van der Waals surface area contributed by atoms with Crippen LogP contribution in [0, 0.1) is 18.7 Å². The molecule has 1 aromatic carbocycles. The molecule has 0 radical (unpaired) electrons. The van der Waals surface area contributed by atoms with Crippen molar-refractivity contribution in [1.82, 2.24) is 4.90 Å². The van der Waals surface area contributed by atoms with Crippen LogP contribution in [0.15, 0.2) is 18.2 Å². The molecular formula is C14H16FNO2. The van der Waals surface area contributed by atoms with Crippen molar-refractivity contribution in [3.8, 4) is 0 Å². The van der Waals surface area contributed by atoms with Crippen LogP contribution in [0.1, 0.15) is 29.3 Å². The maximum absolute atomic E-state index is 13.9. The zero-order valence-electron chi connectivity index (χ0n) is 10.6. The SMILES string of the molecule is Cc1cccc(C(=O)N2CCC(=O)C(C)C2)c1F. The molecule has 1 atom stereocenters. The van der Waals surface area contributed by atoms with Gasteiger partial charge in [0.2, 0.25) is 0 Å². The summed E-state index contributed by atoms with van der Waals surface area (Å²) in [6.07, 6.45) is 0.361. The van der Waals surface area contributed by atoms with Crippen LogP contribution in [0.3, 0.4) is 0 Å². The fourth-order valence-corrected chi connectivity index (χ4v) is 2.18. The van der Waals surface area contributed by atoms with Crippen LogP contribution in [0.5, 0.6) is 0 Å². The van der Waals surface area contributed by atoms with Gasteiger partial charge < -0.3 is 4.90 Å². The van der Waals surface area contributed by atoms with Crippen LogP contribution in [0.4, 0.5) is 4.39 Å². The normalized spacial score (nSPS) is 20.1. The fraction of sp³-hybridized carbons (Fsp3) is 0.429. The van der Waals surface area contributed by atoms with Crippen LogP contribution >= 0.6 is 0 Å². The first kappa shape index (κ1) is 12.7. The molecule has 0 bridgehead atoms. The van der Waals surface area contributed by atoms with Crippen LogP contribution in [0.2, 0.25) is 0 Å². The van der Waals surface area contributed by atoms with E-state index in [-0.39, 0.29) is 23.2 Å². The highest BCUT2D eigenvalue weighted by Crippen LogP contribution is 2.18. The first-order valence-corrected chi connectivity index (χ1v) is 6.08. The standard InChI is InChI=1S/C14H16FNO2/c1-9-4-3-5-11(13(9)15)14(18)16-7-6-12(17)10(2)8-16/h3-5,10H,6-8H2,1-2H3. The van der Waals surface area contributed by atoms with Gasteiger partial charge in [-0.25, -0.2) is 4.39 Å². The van der Waals surface area contributed by atoms with Crippen molar-refractivity contribution in [2.75, 3.05) is 13.1 Å². The lowest BCUT2D eigenvalue weighted by molar-refractivity contribution is -0.124. The summed E-state index contributed by atoms with van der Waals surface area (Å²) in [6, 6.07) is 4.80. The Morgan fingerprint density at radius 1 is 1.44 bits per heavy atom. The Balaban J connectivity index is 2.22. The summed E-state index contributed by atoms with van der Waals surface area (Å²) in [5, 5.41) is 0. The minimum Gasteiger partial charge on any atom is -0.337 e. The highest BCUT2D eigenvalue weighted by molar-refractivity contribution is 5.96. The molecule has 18 heavy (non-hydrogen) atoms. The Hall–Kier alpha value is -1.71. The maximum atomic E-state index is 13.9. The summed E-state index contributed by atoms with van der Waals surface area (Å²) in [4.78, 5) is 25.2. The largest absolute Gasteiger partial charge is 0.337 e. The first-order chi connectivity index (χ1) is 8.50. The van der Waals surface area contributed by atoms with Crippen LogP contribution in [0.25, 0.3) is 0 Å². The summed E-state index contributed by atoms with van der Waals surface area (Å²) >= 11 is 0. The zero-order valence-corrected chi connectivity index (χ0v) is 10.6. The maximum Gasteiger partial charge on any atom is 0.256 e. The Kier molecular flexibility index (Phi) is 3.45. The summed E-state index contributed by atoms with van der Waals surface area (Å²) < 4.78 is 13.9. The first-order valence-electron chi connectivity index (χ1n) is 6.08. The van der Waals surface area contributed by atoms with Crippen LogP contribution < -0.4 is 0 Å². The Bertz CT molecular complexity index is 499. The second-order valence-corrected chi connectivity index (χ2v) is 4.80. The second-order valence-electron chi connectivity index (χ2n) is 4.80. The quantitative estimate of drug-likeness (QED) is 0.765. The number of hydrogen-bond acceptors (Lipinski definition) is 2. The molecule has 1 amide bonds. The zero-order chi connectivity index (χ0) is 13.3. The fourth-order valence-electron chi connectivity index (χ4n) is 2.18. The van der Waals surface area contributed by atoms with Gasteiger partial charge in [-0.2, -0.15) is 0 Å². The summed E-state index contributed by atoms with van der Waals surface area (Å²) in [6.45, 7) is 4.20. The number of carbonyl (C=O) groups is 2. The Labute approximate surface area is 106 Å². The molecule has 2 rings (SSSR count). The van der Waals surface area contributed by atoms with E-state index in [1.807, 2.05) is 0 Å². The molecule has 0 saturated carbocycles. The lowest BCUT2D eigenvalue weighted by Crippen LogP contribution is -2.43. The van der Waals surface area contributed by atoms with E-state index < -0.39 is 5.82 Å². The molecule has 0 aliphatic carbocycles. The second kappa shape index (κ2) is 4.88. The van der Waals surface area contributed by atoms with Gasteiger partial charge in [-0.15, -0.1) is 0 Å². The molecule has 0 aromatic heterocycles. The highest BCUT2D eigenvalue weighted by atomic mass is 19.1. The molecule has 3 nitrogen and oxygen atoms in total. The van der Waals surface area contributed by atoms with E-state index in [2.05, 4.69) is 0 Å². The summed E-state index contributed by atoms with van der Waals surface area (Å²) in [5.74, 6) is -0.776. The lowest BCUT2D eigenvalue weighted by Gasteiger charge is -2.30. The Morgan fingerprint density at radius 3 is 2.83 bits per heavy atom. The number of aryl methyl sites for hydroxylation is 1. The molecule has 1 heterocycles. The van der Waals surface area contributed by atoms with Gasteiger partial charge in [0.1, 0.15) is 11.6 Å². The van der Waals surface area contributed by atoms with E-state index in [0.29, 0.717) is 25.1 Å². The number of benzene rings is 1. The third-order valence-corrected chi connectivity index (χ3v) is 3.38. The average molecular weight is 249 g/mol. The third-order valence-electron chi connectivity index (χ3n) is 3.38. The molecule has 1 aromatic rings. The van der Waals surface area contributed by atoms with Crippen LogP contribution in [-0.2, 0) is 4.79 Å². The van der Waals surface area contributed by atoms with E-state index in [0.717, 1.165) is 0 Å². The number of amides is 1. The molecule has 1 fully saturated rings. The number of piperidine rings is 1. The van der Waals surface area contributed by atoms with E-state index in [1.165, 1.54) is 6.07 Å². The molecule has 0 spiro atoms. The molecular weight excluding hydrogens is 233 g/mol. The molecule has 4 heteroatoms. The van der Waals surface area contributed by atoms with Crippen molar-refractivity contribution in [2.24, 2.45) is 5.92 Å². The van der Waals surface area contributed by atoms with E-state index in [9.17, 15) is 14.0 Å². The van der Waals surface area contributed by atoms with E-state index in [4.69, 9.17) is 0 Å². The van der Waals surface area contributed by atoms with Gasteiger partial charge in [-0.05, 0) is 18.6 Å². The predicted molar refractivity (Wildman–Crippen MR) is 65.8 cm³/mol. The van der Waals surface area contributed by atoms with Crippen LogP contribution in [-0.4, -0.2) is 29.7 Å². The van der Waals surface area contributed by atoms with Crippen molar-refractivity contribution < 1.29 is 14.0 Å². The van der Waals surface area contributed by atoms with Crippen molar-refractivity contribution >= 4 is 11.7 Å². The number of halogens is 1. The number of nitrogens with zero attached hydrogens (tertiary/aromatic N) is 1. The highest BCUT2D eigenvalue weighted by Gasteiger charge is 2.28. The van der Waals surface area contributed by atoms with Crippen molar-refractivity contribution in [3.05, 3.63) is 35.1 Å². The molecule has 96 valence electrons. The number of likely N-dealkylation sites (tertiary alicyclic amines) is 1. The Morgan fingerprint density at radius 2 is 2.17 bits per heavy atom. The van der Waals surface area contributed by atoms with E-state index >= 15 is 0 Å². The predicted octanol–water partition coefficient (Wildman–Crippen LogP) is 2.19. The topological polar surface area (TPSA) is 37.4 Å². The van der Waals surface area contributed by atoms with Gasteiger partial charge in [0.15, 0.2) is 0 Å². The summed E-state index contributed by atoms with van der Waals surface area (Å²) in [5.41, 5.74) is 0.554. The molecule has 1 aliphatic heterocycles. The van der Waals surface area contributed by atoms with Gasteiger partial charge in [-0.1, -0.05) is 19.1 Å². The minimum absolute atomic E-state index is 0.0940. The van der Waals surface area contributed by atoms with Crippen molar-refractivity contribution in [1.29, 1.82) is 0 Å². The van der Waals surface area contributed by atoms with Gasteiger partial charge in [-0.3, -0.25) is 9.59 Å². The molecule has 1 unspecified atom stereocenters. The number of Topliss-reactive ketones (excluding diaryl/α,β-unsaturated/α-hetero) is 1. The number of rotatable bonds is 1. The number of ketones is 1. The number of carbonyl (C=O) groups excluding carboxylic acids is 2. The van der Waals surface area contributed by atoms with Crippen molar-refractivity contribution in [3.63, 3.8) is 0 Å². The monoisotopic (exact) mass is 249 g/mol. The van der Waals surface area contributed by atoms with Gasteiger partial charge in [0, 0.05) is 25.4 Å². The van der Waals surface area contributed by atoms with Crippen molar-refractivity contribution in [2.45, 2.75) is 20.3 Å². The summed E-state index contributed by atoms with van der Waals surface area (Å²) in [7, 11) is 0. The lowest BCUT2D eigenvalue weighted by atomic mass is 9.97.